The Morgan fingerprint density at radius 3 is 2.76 bits per heavy atom. The molecule has 0 aliphatic rings. The molecule has 0 fully saturated rings. The number of hydrogen-bond donors (Lipinski definition) is 2. The topological polar surface area (TPSA) is 41.1 Å². The van der Waals surface area contributed by atoms with Crippen LogP contribution >= 0.6 is 34.2 Å². The van der Waals surface area contributed by atoms with Gasteiger partial charge in [0.15, 0.2) is 0 Å². The Hall–Kier alpha value is -0.330. The maximum atomic E-state index is 11.6. The first kappa shape index (κ1) is 14.7. The van der Waals surface area contributed by atoms with Gasteiger partial charge in [0, 0.05) is 27.6 Å². The maximum absolute atomic E-state index is 11.6. The third-order valence-electron chi connectivity index (χ3n) is 2.11. The second-order valence-electron chi connectivity index (χ2n) is 4.03. The highest BCUT2D eigenvalue weighted by atomic mass is 127. The number of carbonyl (C=O) groups is 1. The van der Waals surface area contributed by atoms with Crippen LogP contribution in [0.15, 0.2) is 18.2 Å². The molecule has 1 amide bonds. The molecule has 2 N–H and O–H groups in total. The summed E-state index contributed by atoms with van der Waals surface area (Å²) in [5.41, 5.74) is 0.810. The van der Waals surface area contributed by atoms with Crippen molar-refractivity contribution in [1.29, 1.82) is 0 Å². The van der Waals surface area contributed by atoms with Crippen LogP contribution in [0.5, 0.6) is 0 Å². The van der Waals surface area contributed by atoms with Crippen LogP contribution in [-0.4, -0.2) is 18.5 Å². The number of nitrogens with one attached hydrogen (secondary N) is 2. The zero-order valence-electron chi connectivity index (χ0n) is 9.89. The SMILES string of the molecule is CC(C)NCCC(=O)Nc1ccc(Cl)cc1I. The third-order valence-corrected chi connectivity index (χ3v) is 3.24. The number of benzene rings is 1. The van der Waals surface area contributed by atoms with E-state index in [1.54, 1.807) is 6.07 Å². The van der Waals surface area contributed by atoms with Gasteiger partial charge in [0.1, 0.15) is 0 Å². The van der Waals surface area contributed by atoms with Crippen molar-refractivity contribution in [3.8, 4) is 0 Å². The van der Waals surface area contributed by atoms with Crippen molar-refractivity contribution < 1.29 is 4.79 Å². The molecule has 0 unspecified atom stereocenters. The number of hydrogen-bond acceptors (Lipinski definition) is 2. The Bertz CT molecular complexity index is 396. The lowest BCUT2D eigenvalue weighted by Crippen LogP contribution is -2.27. The monoisotopic (exact) mass is 366 g/mol. The molecule has 1 aromatic carbocycles. The summed E-state index contributed by atoms with van der Waals surface area (Å²) in [5, 5.41) is 6.74. The van der Waals surface area contributed by atoms with Crippen molar-refractivity contribution >= 4 is 45.8 Å². The van der Waals surface area contributed by atoms with Gasteiger partial charge in [-0.3, -0.25) is 4.79 Å². The van der Waals surface area contributed by atoms with Gasteiger partial charge < -0.3 is 10.6 Å². The van der Waals surface area contributed by atoms with Crippen LogP contribution in [0.25, 0.3) is 0 Å². The van der Waals surface area contributed by atoms with E-state index in [1.807, 2.05) is 12.1 Å². The minimum Gasteiger partial charge on any atom is -0.325 e. The molecule has 0 aliphatic carbocycles. The number of carbonyl (C=O) groups excluding carboxylic acids is 1. The molecule has 0 spiro atoms. The predicted octanol–water partition coefficient (Wildman–Crippen LogP) is 3.27. The van der Waals surface area contributed by atoms with Gasteiger partial charge in [-0.05, 0) is 40.8 Å². The highest BCUT2D eigenvalue weighted by Crippen LogP contribution is 2.22. The van der Waals surface area contributed by atoms with E-state index in [2.05, 4.69) is 47.1 Å². The van der Waals surface area contributed by atoms with Gasteiger partial charge in [-0.25, -0.2) is 0 Å². The average Bonchev–Trinajstić information content (AvgIpc) is 2.21. The van der Waals surface area contributed by atoms with Crippen molar-refractivity contribution in [2.45, 2.75) is 26.3 Å². The minimum atomic E-state index is 0.0124. The average molecular weight is 367 g/mol. The molecule has 0 saturated heterocycles. The Balaban J connectivity index is 2.45. The van der Waals surface area contributed by atoms with E-state index >= 15 is 0 Å². The van der Waals surface area contributed by atoms with Crippen molar-refractivity contribution in [2.75, 3.05) is 11.9 Å². The fourth-order valence-corrected chi connectivity index (χ4v) is 2.28. The van der Waals surface area contributed by atoms with Gasteiger partial charge in [0.05, 0.1) is 5.69 Å². The normalized spacial score (nSPS) is 10.6. The highest BCUT2D eigenvalue weighted by Gasteiger charge is 2.06. The molecular formula is C12H16ClIN2O. The van der Waals surface area contributed by atoms with E-state index in [4.69, 9.17) is 11.6 Å². The number of anilines is 1. The van der Waals surface area contributed by atoms with Crippen LogP contribution in [0.1, 0.15) is 20.3 Å². The molecule has 0 saturated carbocycles. The second kappa shape index (κ2) is 7.18. The summed E-state index contributed by atoms with van der Waals surface area (Å²) in [7, 11) is 0. The van der Waals surface area contributed by atoms with E-state index < -0.39 is 0 Å². The van der Waals surface area contributed by atoms with Gasteiger partial charge in [-0.2, -0.15) is 0 Å². The third kappa shape index (κ3) is 5.70. The van der Waals surface area contributed by atoms with Gasteiger partial charge in [0.25, 0.3) is 0 Å². The summed E-state index contributed by atoms with van der Waals surface area (Å²) in [5.74, 6) is 0.0124. The molecule has 0 aromatic heterocycles. The smallest absolute Gasteiger partial charge is 0.225 e. The van der Waals surface area contributed by atoms with Crippen LogP contribution in [-0.2, 0) is 4.79 Å². The fraction of sp³-hybridized carbons (Fsp3) is 0.417. The van der Waals surface area contributed by atoms with Gasteiger partial charge in [0.2, 0.25) is 5.91 Å². The summed E-state index contributed by atoms with van der Waals surface area (Å²) in [6, 6.07) is 5.81. The minimum absolute atomic E-state index is 0.0124. The van der Waals surface area contributed by atoms with E-state index in [0.717, 1.165) is 9.26 Å². The van der Waals surface area contributed by atoms with Gasteiger partial charge in [-0.1, -0.05) is 25.4 Å². The lowest BCUT2D eigenvalue weighted by molar-refractivity contribution is -0.116. The summed E-state index contributed by atoms with van der Waals surface area (Å²) in [4.78, 5) is 11.6. The zero-order valence-corrected chi connectivity index (χ0v) is 12.8. The number of rotatable bonds is 5. The second-order valence-corrected chi connectivity index (χ2v) is 5.63. The number of halogens is 2. The first-order chi connectivity index (χ1) is 7.99. The zero-order chi connectivity index (χ0) is 12.8. The van der Waals surface area contributed by atoms with Crippen molar-refractivity contribution in [3.05, 3.63) is 26.8 Å². The van der Waals surface area contributed by atoms with Crippen molar-refractivity contribution in [2.24, 2.45) is 0 Å². The molecule has 3 nitrogen and oxygen atoms in total. The maximum Gasteiger partial charge on any atom is 0.225 e. The Morgan fingerprint density at radius 1 is 1.47 bits per heavy atom. The first-order valence-corrected chi connectivity index (χ1v) is 6.93. The molecule has 17 heavy (non-hydrogen) atoms. The largest absolute Gasteiger partial charge is 0.325 e. The fourth-order valence-electron chi connectivity index (χ4n) is 1.28. The van der Waals surface area contributed by atoms with Crippen LogP contribution in [0.2, 0.25) is 5.02 Å². The van der Waals surface area contributed by atoms with E-state index in [1.165, 1.54) is 0 Å². The Morgan fingerprint density at radius 2 is 2.18 bits per heavy atom. The van der Waals surface area contributed by atoms with Crippen LogP contribution in [0, 0.1) is 3.57 Å². The predicted molar refractivity (Wildman–Crippen MR) is 80.6 cm³/mol. The molecule has 5 heteroatoms. The van der Waals surface area contributed by atoms with Crippen LogP contribution < -0.4 is 10.6 Å². The van der Waals surface area contributed by atoms with E-state index in [9.17, 15) is 4.79 Å². The molecule has 94 valence electrons. The molecule has 1 aromatic rings. The summed E-state index contributed by atoms with van der Waals surface area (Å²) in [6.45, 7) is 4.80. The molecule has 0 atom stereocenters. The molecule has 1 rings (SSSR count). The van der Waals surface area contributed by atoms with Crippen molar-refractivity contribution in [3.63, 3.8) is 0 Å². The quantitative estimate of drug-likeness (QED) is 0.785. The summed E-state index contributed by atoms with van der Waals surface area (Å²) in [6.07, 6.45) is 0.469. The molecule has 0 radical (unpaired) electrons. The standard InChI is InChI=1S/C12H16ClIN2O/c1-8(2)15-6-5-12(17)16-11-4-3-9(13)7-10(11)14/h3-4,7-8,15H,5-6H2,1-2H3,(H,16,17). The Labute approximate surface area is 120 Å². The molecule has 0 aliphatic heterocycles. The summed E-state index contributed by atoms with van der Waals surface area (Å²) >= 11 is 8.00. The lowest BCUT2D eigenvalue weighted by Gasteiger charge is -2.09. The van der Waals surface area contributed by atoms with Crippen LogP contribution in [0.3, 0.4) is 0 Å². The lowest BCUT2D eigenvalue weighted by atomic mass is 10.3. The van der Waals surface area contributed by atoms with Crippen LogP contribution in [0.4, 0.5) is 5.69 Å². The molecule has 0 bridgehead atoms. The number of amides is 1. The van der Waals surface area contributed by atoms with Gasteiger partial charge in [-0.15, -0.1) is 0 Å². The molecular weight excluding hydrogens is 351 g/mol. The van der Waals surface area contributed by atoms with E-state index in [0.29, 0.717) is 24.0 Å². The summed E-state index contributed by atoms with van der Waals surface area (Å²) < 4.78 is 0.945. The molecule has 0 heterocycles. The first-order valence-electron chi connectivity index (χ1n) is 5.47. The van der Waals surface area contributed by atoms with E-state index in [-0.39, 0.29) is 5.91 Å². The highest BCUT2D eigenvalue weighted by molar-refractivity contribution is 14.1. The van der Waals surface area contributed by atoms with Crippen molar-refractivity contribution in [1.82, 2.24) is 5.32 Å². The van der Waals surface area contributed by atoms with Gasteiger partial charge >= 0.3 is 0 Å². The Kier molecular flexibility index (Phi) is 6.22.